The van der Waals surface area contributed by atoms with Gasteiger partial charge in [0.05, 0.1) is 30.4 Å². The molecule has 0 aromatic heterocycles. The number of hydrogen-bond donors (Lipinski definition) is 1. The van der Waals surface area contributed by atoms with E-state index in [0.717, 1.165) is 9.13 Å². The van der Waals surface area contributed by atoms with E-state index in [2.05, 4.69) is 49.9 Å². The first-order valence-corrected chi connectivity index (χ1v) is 11.5. The van der Waals surface area contributed by atoms with E-state index >= 15 is 0 Å². The van der Waals surface area contributed by atoms with Gasteiger partial charge >= 0.3 is 0 Å². The monoisotopic (exact) mass is 617 g/mol. The van der Waals surface area contributed by atoms with Crippen molar-refractivity contribution in [2.24, 2.45) is 0 Å². The number of nitrogens with zero attached hydrogens (tertiary/aromatic N) is 2. The minimum atomic E-state index is -0.555. The van der Waals surface area contributed by atoms with Crippen molar-refractivity contribution in [1.82, 2.24) is 0 Å². The summed E-state index contributed by atoms with van der Waals surface area (Å²) in [5.41, 5.74) is 2.35. The van der Waals surface area contributed by atoms with Crippen molar-refractivity contribution in [1.29, 1.82) is 10.5 Å². The number of rotatable bonds is 6. The van der Waals surface area contributed by atoms with Crippen LogP contribution in [0.15, 0.2) is 70.7 Å². The molecule has 3 aromatic rings. The summed E-state index contributed by atoms with van der Waals surface area (Å²) in [4.78, 5) is 12.5. The van der Waals surface area contributed by atoms with Gasteiger partial charge in [0.15, 0.2) is 0 Å². The standard InChI is InChI=1S/C24H14BrClIN3O2/c25-19-10-15(9-18(13-29)24(31)30-22-8-4-3-7-20(22)26)11-21(27)23(19)32-14-17-6-2-1-5-16(17)12-28/h1-11H,14H2,(H,30,31)/b18-9+. The second-order valence-electron chi connectivity index (χ2n) is 6.48. The van der Waals surface area contributed by atoms with Crippen molar-refractivity contribution in [2.45, 2.75) is 6.61 Å². The van der Waals surface area contributed by atoms with Gasteiger partial charge in [-0.25, -0.2) is 0 Å². The molecule has 0 fully saturated rings. The number of nitriles is 2. The molecular weight excluding hydrogens is 605 g/mol. The van der Waals surface area contributed by atoms with Crippen molar-refractivity contribution in [3.63, 3.8) is 0 Å². The minimum Gasteiger partial charge on any atom is -0.487 e. The Bertz CT molecular complexity index is 1270. The second kappa shape index (κ2) is 11.1. The number of amides is 1. The fraction of sp³-hybridized carbons (Fsp3) is 0.0417. The second-order valence-corrected chi connectivity index (χ2v) is 8.90. The molecule has 158 valence electrons. The fourth-order valence-electron chi connectivity index (χ4n) is 2.77. The first-order valence-electron chi connectivity index (χ1n) is 9.20. The predicted molar refractivity (Wildman–Crippen MR) is 136 cm³/mol. The van der Waals surface area contributed by atoms with Crippen LogP contribution in [0.5, 0.6) is 5.75 Å². The zero-order valence-electron chi connectivity index (χ0n) is 16.4. The lowest BCUT2D eigenvalue weighted by molar-refractivity contribution is -0.112. The smallest absolute Gasteiger partial charge is 0.266 e. The number of benzene rings is 3. The Morgan fingerprint density at radius 2 is 1.88 bits per heavy atom. The lowest BCUT2D eigenvalue weighted by Crippen LogP contribution is -2.13. The molecule has 0 saturated heterocycles. The summed E-state index contributed by atoms with van der Waals surface area (Å²) in [7, 11) is 0. The van der Waals surface area contributed by atoms with E-state index in [1.807, 2.05) is 18.2 Å². The molecule has 0 radical (unpaired) electrons. The van der Waals surface area contributed by atoms with E-state index in [-0.39, 0.29) is 12.2 Å². The minimum absolute atomic E-state index is 0.0655. The van der Waals surface area contributed by atoms with Crippen LogP contribution in [-0.2, 0) is 11.4 Å². The van der Waals surface area contributed by atoms with E-state index in [1.165, 1.54) is 6.08 Å². The van der Waals surface area contributed by atoms with Gasteiger partial charge in [0, 0.05) is 5.56 Å². The normalized spacial score (nSPS) is 10.7. The van der Waals surface area contributed by atoms with Gasteiger partial charge in [-0.3, -0.25) is 4.79 Å². The van der Waals surface area contributed by atoms with Crippen LogP contribution in [0.2, 0.25) is 5.02 Å². The van der Waals surface area contributed by atoms with Crippen molar-refractivity contribution < 1.29 is 9.53 Å². The van der Waals surface area contributed by atoms with Gasteiger partial charge in [-0.1, -0.05) is 41.9 Å². The summed E-state index contributed by atoms with van der Waals surface area (Å²) < 4.78 is 7.38. The van der Waals surface area contributed by atoms with Crippen LogP contribution in [-0.4, -0.2) is 5.91 Å². The van der Waals surface area contributed by atoms with Crippen LogP contribution < -0.4 is 10.1 Å². The number of para-hydroxylation sites is 1. The van der Waals surface area contributed by atoms with Crippen LogP contribution >= 0.6 is 50.1 Å². The summed E-state index contributed by atoms with van der Waals surface area (Å²) in [6, 6.07) is 21.7. The van der Waals surface area contributed by atoms with Crippen molar-refractivity contribution in [2.75, 3.05) is 5.32 Å². The zero-order valence-corrected chi connectivity index (χ0v) is 20.9. The Balaban J connectivity index is 1.80. The van der Waals surface area contributed by atoms with Crippen LogP contribution in [0.3, 0.4) is 0 Å². The Labute approximate surface area is 212 Å². The Morgan fingerprint density at radius 1 is 1.16 bits per heavy atom. The first kappa shape index (κ1) is 23.8. The SMILES string of the molecule is N#C/C(=C\c1cc(Br)c(OCc2ccccc2C#N)c(I)c1)C(=O)Nc1ccccc1Cl. The highest BCUT2D eigenvalue weighted by atomic mass is 127. The molecule has 1 N–H and O–H groups in total. The maximum absolute atomic E-state index is 12.5. The van der Waals surface area contributed by atoms with Gasteiger partial charge in [-0.15, -0.1) is 0 Å². The molecule has 0 aliphatic carbocycles. The number of nitrogens with one attached hydrogen (secondary N) is 1. The van der Waals surface area contributed by atoms with E-state index < -0.39 is 5.91 Å². The van der Waals surface area contributed by atoms with Gasteiger partial charge in [-0.2, -0.15) is 10.5 Å². The molecule has 0 saturated carbocycles. The molecule has 0 unspecified atom stereocenters. The van der Waals surface area contributed by atoms with Crippen molar-refractivity contribution in [3.05, 3.63) is 96.0 Å². The number of carbonyl (C=O) groups is 1. The molecule has 32 heavy (non-hydrogen) atoms. The van der Waals surface area contributed by atoms with Crippen molar-refractivity contribution in [3.8, 4) is 17.9 Å². The molecule has 0 spiro atoms. The maximum atomic E-state index is 12.5. The summed E-state index contributed by atoms with van der Waals surface area (Å²) in [5, 5.41) is 21.7. The molecule has 3 aromatic carbocycles. The Kier molecular flexibility index (Phi) is 8.29. The predicted octanol–water partition coefficient (Wildman–Crippen LogP) is 6.70. The molecule has 1 amide bonds. The van der Waals surface area contributed by atoms with E-state index in [4.69, 9.17) is 16.3 Å². The van der Waals surface area contributed by atoms with E-state index in [0.29, 0.717) is 32.1 Å². The van der Waals surface area contributed by atoms with Gasteiger partial charge in [0.2, 0.25) is 0 Å². The summed E-state index contributed by atoms with van der Waals surface area (Å²) in [6.45, 7) is 0.233. The lowest BCUT2D eigenvalue weighted by Gasteiger charge is -2.12. The highest BCUT2D eigenvalue weighted by Crippen LogP contribution is 2.33. The summed E-state index contributed by atoms with van der Waals surface area (Å²) in [5.74, 6) is 0.0506. The molecule has 0 aliphatic rings. The molecule has 0 heterocycles. The quantitative estimate of drug-likeness (QED) is 0.189. The molecule has 0 bridgehead atoms. The summed E-state index contributed by atoms with van der Waals surface area (Å²) in [6.07, 6.45) is 1.49. The number of carbonyl (C=O) groups excluding carboxylic acids is 1. The largest absolute Gasteiger partial charge is 0.487 e. The molecular formula is C24H14BrClIN3O2. The number of anilines is 1. The van der Waals surface area contributed by atoms with Crippen LogP contribution in [0.4, 0.5) is 5.69 Å². The highest BCUT2D eigenvalue weighted by Gasteiger charge is 2.14. The average molecular weight is 619 g/mol. The third-order valence-electron chi connectivity index (χ3n) is 4.33. The first-order chi connectivity index (χ1) is 15.4. The van der Waals surface area contributed by atoms with E-state index in [9.17, 15) is 15.3 Å². The van der Waals surface area contributed by atoms with Crippen LogP contribution in [0.1, 0.15) is 16.7 Å². The topological polar surface area (TPSA) is 85.9 Å². The maximum Gasteiger partial charge on any atom is 0.266 e. The molecule has 0 atom stereocenters. The van der Waals surface area contributed by atoms with Crippen molar-refractivity contribution >= 4 is 67.8 Å². The van der Waals surface area contributed by atoms with Crippen LogP contribution in [0, 0.1) is 26.2 Å². The highest BCUT2D eigenvalue weighted by molar-refractivity contribution is 14.1. The Morgan fingerprint density at radius 3 is 2.56 bits per heavy atom. The van der Waals surface area contributed by atoms with Crippen LogP contribution in [0.25, 0.3) is 6.08 Å². The molecule has 0 aliphatic heterocycles. The molecule has 3 rings (SSSR count). The molecule has 8 heteroatoms. The van der Waals surface area contributed by atoms with Gasteiger partial charge in [-0.05, 0) is 80.5 Å². The number of hydrogen-bond acceptors (Lipinski definition) is 4. The lowest BCUT2D eigenvalue weighted by atomic mass is 10.1. The fourth-order valence-corrected chi connectivity index (χ4v) is 4.73. The van der Waals surface area contributed by atoms with Gasteiger partial charge in [0.1, 0.15) is 24.0 Å². The Hall–Kier alpha value is -2.85. The zero-order chi connectivity index (χ0) is 23.1. The van der Waals surface area contributed by atoms with Gasteiger partial charge < -0.3 is 10.1 Å². The van der Waals surface area contributed by atoms with E-state index in [1.54, 1.807) is 48.5 Å². The number of halogens is 3. The molecule has 5 nitrogen and oxygen atoms in total. The summed E-state index contributed by atoms with van der Waals surface area (Å²) >= 11 is 11.7. The number of ether oxygens (including phenoxy) is 1. The third-order valence-corrected chi connectivity index (χ3v) is 6.05. The van der Waals surface area contributed by atoms with Gasteiger partial charge in [0.25, 0.3) is 5.91 Å². The third kappa shape index (κ3) is 5.89. The average Bonchev–Trinajstić information content (AvgIpc) is 2.78.